The number of allylic oxidation sites excluding steroid dienone is 2. The molecule has 1 aliphatic heterocycles. The van der Waals surface area contributed by atoms with Crippen molar-refractivity contribution in [3.8, 4) is 0 Å². The van der Waals surface area contributed by atoms with Crippen LogP contribution in [0.25, 0.3) is 0 Å². The summed E-state index contributed by atoms with van der Waals surface area (Å²) in [5.41, 5.74) is 7.44. The topological polar surface area (TPSA) is 84.3 Å². The Hall–Kier alpha value is -3.93. The molecule has 0 unspecified atom stereocenters. The summed E-state index contributed by atoms with van der Waals surface area (Å²) in [6.45, 7) is 4.64. The molecule has 0 fully saturated rings. The van der Waals surface area contributed by atoms with Crippen LogP contribution >= 0.6 is 0 Å². The third kappa shape index (κ3) is 4.07. The monoisotopic (exact) mass is 453 g/mol. The number of aryl methyl sites for hydroxylation is 2. The van der Waals surface area contributed by atoms with Crippen molar-refractivity contribution in [1.82, 2.24) is 5.32 Å². The van der Waals surface area contributed by atoms with Crippen molar-refractivity contribution in [2.45, 2.75) is 38.8 Å². The molecule has 0 saturated heterocycles. The number of nitro groups is 1. The van der Waals surface area contributed by atoms with Crippen molar-refractivity contribution in [3.05, 3.63) is 116 Å². The quantitative estimate of drug-likeness (QED) is 0.283. The Morgan fingerprint density at radius 3 is 2.59 bits per heavy atom. The molecule has 1 amide bonds. The normalized spacial score (nSPS) is 20.2. The highest BCUT2D eigenvalue weighted by molar-refractivity contribution is 5.95. The van der Waals surface area contributed by atoms with Crippen LogP contribution in [0.2, 0.25) is 0 Å². The first-order chi connectivity index (χ1) is 16.4. The lowest BCUT2D eigenvalue weighted by Gasteiger charge is -2.37. The molecule has 5 rings (SSSR count). The summed E-state index contributed by atoms with van der Waals surface area (Å²) in [6, 6.07) is 18.9. The second-order valence-electron chi connectivity index (χ2n) is 9.23. The van der Waals surface area contributed by atoms with E-state index >= 15 is 0 Å². The molecule has 172 valence electrons. The zero-order valence-electron chi connectivity index (χ0n) is 19.2. The lowest BCUT2D eigenvalue weighted by atomic mass is 9.76. The van der Waals surface area contributed by atoms with Gasteiger partial charge in [0.25, 0.3) is 11.6 Å². The van der Waals surface area contributed by atoms with Crippen LogP contribution < -0.4 is 10.6 Å². The Morgan fingerprint density at radius 2 is 1.85 bits per heavy atom. The van der Waals surface area contributed by atoms with Gasteiger partial charge in [-0.2, -0.15) is 0 Å². The molecule has 6 nitrogen and oxygen atoms in total. The number of fused-ring (bicyclic) bond motifs is 3. The molecule has 3 atom stereocenters. The zero-order valence-corrected chi connectivity index (χ0v) is 19.2. The molecular formula is C28H27N3O3. The molecule has 0 radical (unpaired) electrons. The van der Waals surface area contributed by atoms with E-state index in [0.29, 0.717) is 18.0 Å². The fourth-order valence-corrected chi connectivity index (χ4v) is 5.07. The second-order valence-corrected chi connectivity index (χ2v) is 9.23. The number of benzene rings is 3. The highest BCUT2D eigenvalue weighted by Gasteiger charge is 2.38. The van der Waals surface area contributed by atoms with Crippen LogP contribution in [0, 0.1) is 29.9 Å². The summed E-state index contributed by atoms with van der Waals surface area (Å²) in [4.78, 5) is 23.6. The van der Waals surface area contributed by atoms with Crippen molar-refractivity contribution in [1.29, 1.82) is 0 Å². The summed E-state index contributed by atoms with van der Waals surface area (Å²) >= 11 is 0. The molecule has 6 heteroatoms. The largest absolute Gasteiger partial charge is 0.378 e. The maximum Gasteiger partial charge on any atom is 0.269 e. The summed E-state index contributed by atoms with van der Waals surface area (Å²) in [7, 11) is 0. The van der Waals surface area contributed by atoms with E-state index in [1.54, 1.807) is 12.1 Å². The molecule has 1 aliphatic carbocycles. The molecule has 0 aromatic heterocycles. The number of nitrogens with zero attached hydrogens (tertiary/aromatic N) is 1. The average Bonchev–Trinajstić information content (AvgIpc) is 3.34. The minimum atomic E-state index is -0.375. The van der Waals surface area contributed by atoms with Crippen LogP contribution in [0.1, 0.15) is 56.6 Å². The molecule has 3 aromatic rings. The maximum absolute atomic E-state index is 12.9. The van der Waals surface area contributed by atoms with Gasteiger partial charge in [0.1, 0.15) is 0 Å². The Kier molecular flexibility index (Phi) is 5.65. The van der Waals surface area contributed by atoms with E-state index in [9.17, 15) is 14.9 Å². The molecule has 3 aromatic carbocycles. The smallest absolute Gasteiger partial charge is 0.269 e. The number of nitrogens with one attached hydrogen (secondary N) is 2. The van der Waals surface area contributed by atoms with Gasteiger partial charge in [0, 0.05) is 35.8 Å². The number of amides is 1. The van der Waals surface area contributed by atoms with Crippen LogP contribution in [0.3, 0.4) is 0 Å². The van der Waals surface area contributed by atoms with Gasteiger partial charge in [-0.1, -0.05) is 42.5 Å². The van der Waals surface area contributed by atoms with E-state index in [4.69, 9.17) is 0 Å². The molecule has 0 bridgehead atoms. The van der Waals surface area contributed by atoms with Gasteiger partial charge in [0.15, 0.2) is 0 Å². The third-order valence-electron chi connectivity index (χ3n) is 7.11. The van der Waals surface area contributed by atoms with Gasteiger partial charge in [0.05, 0.1) is 11.0 Å². The van der Waals surface area contributed by atoms with Gasteiger partial charge in [-0.15, -0.1) is 0 Å². The molecular weight excluding hydrogens is 426 g/mol. The predicted molar refractivity (Wildman–Crippen MR) is 133 cm³/mol. The predicted octanol–water partition coefficient (Wildman–Crippen LogP) is 5.97. The van der Waals surface area contributed by atoms with Crippen LogP contribution in [0.5, 0.6) is 0 Å². The SMILES string of the molecule is Cc1ccc(CNC(=O)c2ccc3c(c2)[C@@H]2C=CC[C@@H]2[C@@H](c2ccc([N+](=O)[O-])cc2)N3)cc1C. The van der Waals surface area contributed by atoms with E-state index in [0.717, 1.165) is 28.8 Å². The number of anilines is 1. The first-order valence-corrected chi connectivity index (χ1v) is 11.6. The van der Waals surface area contributed by atoms with Gasteiger partial charge in [-0.3, -0.25) is 14.9 Å². The summed E-state index contributed by atoms with van der Waals surface area (Å²) < 4.78 is 0. The molecule has 2 N–H and O–H groups in total. The minimum absolute atomic E-state index is 0.0535. The Labute approximate surface area is 198 Å². The lowest BCUT2D eigenvalue weighted by Crippen LogP contribution is -2.30. The number of carbonyl (C=O) groups excluding carboxylic acids is 1. The van der Waals surface area contributed by atoms with Crippen molar-refractivity contribution in [2.24, 2.45) is 5.92 Å². The molecule has 34 heavy (non-hydrogen) atoms. The van der Waals surface area contributed by atoms with E-state index in [-0.39, 0.29) is 28.5 Å². The zero-order chi connectivity index (χ0) is 23.8. The number of non-ortho nitro benzene ring substituents is 1. The van der Waals surface area contributed by atoms with E-state index in [1.807, 2.05) is 36.4 Å². The minimum Gasteiger partial charge on any atom is -0.378 e. The Bertz CT molecular complexity index is 1300. The summed E-state index contributed by atoms with van der Waals surface area (Å²) in [5.74, 6) is 0.406. The fraction of sp³-hybridized carbons (Fsp3) is 0.250. The fourth-order valence-electron chi connectivity index (χ4n) is 5.07. The van der Waals surface area contributed by atoms with Crippen molar-refractivity contribution in [2.75, 3.05) is 5.32 Å². The van der Waals surface area contributed by atoms with Gasteiger partial charge >= 0.3 is 0 Å². The third-order valence-corrected chi connectivity index (χ3v) is 7.11. The second kappa shape index (κ2) is 8.78. The average molecular weight is 454 g/mol. The Morgan fingerprint density at radius 1 is 1.06 bits per heavy atom. The van der Waals surface area contributed by atoms with E-state index in [1.165, 1.54) is 11.1 Å². The highest BCUT2D eigenvalue weighted by atomic mass is 16.6. The first kappa shape index (κ1) is 21.9. The number of hydrogen-bond donors (Lipinski definition) is 2. The van der Waals surface area contributed by atoms with Gasteiger partial charge in [-0.25, -0.2) is 0 Å². The molecule has 0 spiro atoms. The number of rotatable bonds is 5. The molecule has 1 heterocycles. The van der Waals surface area contributed by atoms with Crippen molar-refractivity contribution < 1.29 is 9.72 Å². The van der Waals surface area contributed by atoms with Crippen LogP contribution in [-0.4, -0.2) is 10.8 Å². The van der Waals surface area contributed by atoms with Crippen LogP contribution in [0.15, 0.2) is 72.8 Å². The van der Waals surface area contributed by atoms with E-state index < -0.39 is 0 Å². The van der Waals surface area contributed by atoms with Crippen molar-refractivity contribution >= 4 is 17.3 Å². The van der Waals surface area contributed by atoms with Crippen LogP contribution in [-0.2, 0) is 6.54 Å². The number of nitro benzene ring substituents is 1. The molecule has 0 saturated carbocycles. The number of hydrogen-bond acceptors (Lipinski definition) is 4. The maximum atomic E-state index is 12.9. The first-order valence-electron chi connectivity index (χ1n) is 11.6. The van der Waals surface area contributed by atoms with E-state index in [2.05, 4.69) is 48.8 Å². The lowest BCUT2D eigenvalue weighted by molar-refractivity contribution is -0.384. The van der Waals surface area contributed by atoms with Gasteiger partial charge in [0.2, 0.25) is 0 Å². The summed E-state index contributed by atoms with van der Waals surface area (Å²) in [5, 5.41) is 17.7. The van der Waals surface area contributed by atoms with Crippen molar-refractivity contribution in [3.63, 3.8) is 0 Å². The number of carbonyl (C=O) groups is 1. The summed E-state index contributed by atoms with van der Waals surface area (Å²) in [6.07, 6.45) is 5.33. The Balaban J connectivity index is 1.36. The molecule has 2 aliphatic rings. The van der Waals surface area contributed by atoms with Crippen LogP contribution in [0.4, 0.5) is 11.4 Å². The van der Waals surface area contributed by atoms with Gasteiger partial charge in [-0.05, 0) is 72.2 Å². The highest BCUT2D eigenvalue weighted by Crippen LogP contribution is 2.50. The standard InChI is InChI=1S/C28H27N3O3/c1-17-6-7-19(14-18(17)2)16-29-28(32)21-10-13-26-25(15-21)23-4-3-5-24(23)27(30-26)20-8-11-22(12-9-20)31(33)34/h3-4,6-15,23-24,27,30H,5,16H2,1-2H3,(H,29,32)/t23-,24+,27-/m1/s1. The van der Waals surface area contributed by atoms with Gasteiger partial charge < -0.3 is 10.6 Å².